The minimum Gasteiger partial charge on any atom is -0.477 e. The molecular weight excluding hydrogens is 410 g/mol. The van der Waals surface area contributed by atoms with Gasteiger partial charge in [-0.25, -0.2) is 0 Å². The molecule has 0 unspecified atom stereocenters. The summed E-state index contributed by atoms with van der Waals surface area (Å²) in [5, 5.41) is 0.653. The van der Waals surface area contributed by atoms with Crippen molar-refractivity contribution in [1.82, 2.24) is 4.90 Å². The highest BCUT2D eigenvalue weighted by Crippen LogP contribution is 2.43. The third kappa shape index (κ3) is 3.85. The first kappa shape index (κ1) is 19.9. The summed E-state index contributed by atoms with van der Waals surface area (Å²) >= 11 is 5.96. The zero-order valence-electron chi connectivity index (χ0n) is 17.4. The molecule has 2 aliphatic rings. The van der Waals surface area contributed by atoms with Crippen molar-refractivity contribution in [3.8, 4) is 11.5 Å². The van der Waals surface area contributed by atoms with Gasteiger partial charge in [0.1, 0.15) is 18.2 Å². The van der Waals surface area contributed by atoms with Crippen molar-refractivity contribution in [3.63, 3.8) is 0 Å². The fourth-order valence-electron chi connectivity index (χ4n) is 4.06. The maximum Gasteiger partial charge on any atom is 0.231 e. The van der Waals surface area contributed by atoms with Gasteiger partial charge in [-0.1, -0.05) is 53.6 Å². The fraction of sp³-hybridized carbons (Fsp3) is 0.192. The lowest BCUT2D eigenvalue weighted by Crippen LogP contribution is -2.32. The van der Waals surface area contributed by atoms with Gasteiger partial charge in [-0.05, 0) is 49.2 Å². The van der Waals surface area contributed by atoms with Crippen LogP contribution in [-0.4, -0.2) is 17.4 Å². The number of benzene rings is 3. The van der Waals surface area contributed by atoms with E-state index in [1.807, 2.05) is 25.1 Å². The van der Waals surface area contributed by atoms with Crippen LogP contribution in [0.2, 0.25) is 5.02 Å². The van der Waals surface area contributed by atoms with Crippen molar-refractivity contribution in [2.24, 2.45) is 0 Å². The smallest absolute Gasteiger partial charge is 0.231 e. The molecule has 0 amide bonds. The van der Waals surface area contributed by atoms with E-state index >= 15 is 0 Å². The minimum absolute atomic E-state index is 0.105. The monoisotopic (exact) mass is 431 g/mol. The summed E-state index contributed by atoms with van der Waals surface area (Å²) in [6.07, 6.45) is 1.75. The van der Waals surface area contributed by atoms with Gasteiger partial charge >= 0.3 is 0 Å². The van der Waals surface area contributed by atoms with E-state index in [9.17, 15) is 4.79 Å². The van der Waals surface area contributed by atoms with Crippen LogP contribution in [0, 0.1) is 13.8 Å². The summed E-state index contributed by atoms with van der Waals surface area (Å²) in [5.74, 6) is 1.63. The molecule has 0 fully saturated rings. The van der Waals surface area contributed by atoms with Crippen LogP contribution in [0.25, 0.3) is 6.08 Å². The molecule has 0 bridgehead atoms. The van der Waals surface area contributed by atoms with Gasteiger partial charge in [-0.15, -0.1) is 0 Å². The van der Waals surface area contributed by atoms with E-state index in [1.165, 1.54) is 11.1 Å². The SMILES string of the molecule is Cc1ccc(CN2COc3c(cc4c(c3C)O/C(=C\c3ccc(Cl)cc3)C4=O)C2)cc1. The molecule has 2 heterocycles. The van der Waals surface area contributed by atoms with Gasteiger partial charge in [0.05, 0.1) is 5.56 Å². The second-order valence-electron chi connectivity index (χ2n) is 8.10. The van der Waals surface area contributed by atoms with Crippen molar-refractivity contribution in [3.05, 3.63) is 98.8 Å². The minimum atomic E-state index is -0.105. The molecule has 5 rings (SSSR count). The molecule has 31 heavy (non-hydrogen) atoms. The molecule has 0 radical (unpaired) electrons. The second kappa shape index (κ2) is 7.88. The molecule has 0 atom stereocenters. The first-order valence-corrected chi connectivity index (χ1v) is 10.6. The molecular formula is C26H22ClNO3. The average molecular weight is 432 g/mol. The van der Waals surface area contributed by atoms with Crippen LogP contribution in [0.1, 0.15) is 38.2 Å². The number of allylic oxidation sites excluding steroid dienone is 1. The van der Waals surface area contributed by atoms with Gasteiger partial charge in [0.2, 0.25) is 5.78 Å². The van der Waals surface area contributed by atoms with Crippen LogP contribution in [0.15, 0.2) is 60.4 Å². The largest absolute Gasteiger partial charge is 0.477 e. The van der Waals surface area contributed by atoms with E-state index in [0.29, 0.717) is 28.8 Å². The molecule has 5 heteroatoms. The molecule has 0 spiro atoms. The Morgan fingerprint density at radius 2 is 1.77 bits per heavy atom. The Bertz CT molecular complexity index is 1200. The number of halogens is 1. The number of aryl methyl sites for hydroxylation is 1. The second-order valence-corrected chi connectivity index (χ2v) is 8.54. The number of fused-ring (bicyclic) bond motifs is 2. The maximum absolute atomic E-state index is 13.0. The van der Waals surface area contributed by atoms with Gasteiger partial charge in [0.15, 0.2) is 5.76 Å². The summed E-state index contributed by atoms with van der Waals surface area (Å²) in [4.78, 5) is 15.3. The molecule has 0 saturated heterocycles. The molecule has 0 saturated carbocycles. The van der Waals surface area contributed by atoms with Crippen LogP contribution in [-0.2, 0) is 13.1 Å². The van der Waals surface area contributed by atoms with E-state index in [-0.39, 0.29) is 5.78 Å². The Hall–Kier alpha value is -3.08. The Balaban J connectivity index is 1.41. The molecule has 3 aromatic rings. The number of carbonyl (C=O) groups is 1. The fourth-order valence-corrected chi connectivity index (χ4v) is 4.19. The van der Waals surface area contributed by atoms with E-state index < -0.39 is 0 Å². The molecule has 2 aliphatic heterocycles. The third-order valence-electron chi connectivity index (χ3n) is 5.70. The third-order valence-corrected chi connectivity index (χ3v) is 5.95. The number of ether oxygens (including phenoxy) is 2. The number of ketones is 1. The van der Waals surface area contributed by atoms with Gasteiger partial charge < -0.3 is 9.47 Å². The first-order valence-electron chi connectivity index (χ1n) is 10.2. The Labute approximate surface area is 186 Å². The van der Waals surface area contributed by atoms with Crippen molar-refractivity contribution < 1.29 is 14.3 Å². The number of Topliss-reactive ketones (excluding diaryl/α,β-unsaturated/α-hetero) is 1. The van der Waals surface area contributed by atoms with Crippen LogP contribution in [0.3, 0.4) is 0 Å². The number of nitrogens with zero attached hydrogens (tertiary/aromatic N) is 1. The lowest BCUT2D eigenvalue weighted by molar-refractivity contribution is 0.0876. The number of hydrogen-bond acceptors (Lipinski definition) is 4. The topological polar surface area (TPSA) is 38.8 Å². The first-order chi connectivity index (χ1) is 15.0. The maximum atomic E-state index is 13.0. The normalized spacial score (nSPS) is 16.6. The van der Waals surface area contributed by atoms with Crippen LogP contribution in [0.4, 0.5) is 0 Å². The lowest BCUT2D eigenvalue weighted by Gasteiger charge is -2.30. The standard InChI is InChI=1S/C26H22ClNO3/c1-16-3-5-19(6-4-16)13-28-14-20-12-22-24(29)23(11-18-7-9-21(27)10-8-18)31-26(22)17(2)25(20)30-15-28/h3-12H,13-15H2,1-2H3/b23-11-. The molecule has 0 aliphatic carbocycles. The van der Waals surface area contributed by atoms with Crippen molar-refractivity contribution in [2.75, 3.05) is 6.73 Å². The summed E-state index contributed by atoms with van der Waals surface area (Å²) in [5.41, 5.74) is 5.83. The number of rotatable bonds is 3. The lowest BCUT2D eigenvalue weighted by atomic mass is 9.99. The highest BCUT2D eigenvalue weighted by atomic mass is 35.5. The number of carbonyl (C=O) groups excluding carboxylic acids is 1. The highest BCUT2D eigenvalue weighted by molar-refractivity contribution is 6.30. The zero-order chi connectivity index (χ0) is 21.5. The van der Waals surface area contributed by atoms with E-state index in [1.54, 1.807) is 18.2 Å². The van der Waals surface area contributed by atoms with Gasteiger partial charge in [0, 0.05) is 29.2 Å². The molecule has 0 aromatic heterocycles. The quantitative estimate of drug-likeness (QED) is 0.482. The van der Waals surface area contributed by atoms with E-state index in [4.69, 9.17) is 21.1 Å². The van der Waals surface area contributed by atoms with Crippen LogP contribution >= 0.6 is 11.6 Å². The summed E-state index contributed by atoms with van der Waals surface area (Å²) in [6, 6.07) is 17.8. The summed E-state index contributed by atoms with van der Waals surface area (Å²) < 4.78 is 12.1. The van der Waals surface area contributed by atoms with Crippen LogP contribution in [0.5, 0.6) is 11.5 Å². The predicted octanol–water partition coefficient (Wildman–Crippen LogP) is 5.93. The molecule has 0 N–H and O–H groups in total. The number of hydrogen-bond donors (Lipinski definition) is 0. The van der Waals surface area contributed by atoms with Gasteiger partial charge in [0.25, 0.3) is 0 Å². The molecule has 4 nitrogen and oxygen atoms in total. The Kier molecular flexibility index (Phi) is 5.05. The Morgan fingerprint density at radius 3 is 2.52 bits per heavy atom. The van der Waals surface area contributed by atoms with Crippen molar-refractivity contribution in [1.29, 1.82) is 0 Å². The zero-order valence-corrected chi connectivity index (χ0v) is 18.2. The van der Waals surface area contributed by atoms with Crippen molar-refractivity contribution in [2.45, 2.75) is 26.9 Å². The average Bonchev–Trinajstić information content (AvgIpc) is 3.07. The predicted molar refractivity (Wildman–Crippen MR) is 121 cm³/mol. The molecule has 156 valence electrons. The summed E-state index contributed by atoms with van der Waals surface area (Å²) in [7, 11) is 0. The van der Waals surface area contributed by atoms with E-state index in [0.717, 1.165) is 35.5 Å². The highest BCUT2D eigenvalue weighted by Gasteiger charge is 2.33. The Morgan fingerprint density at radius 1 is 1.03 bits per heavy atom. The summed E-state index contributed by atoms with van der Waals surface area (Å²) in [6.45, 7) is 6.05. The van der Waals surface area contributed by atoms with Gasteiger partial charge in [-0.2, -0.15) is 0 Å². The van der Waals surface area contributed by atoms with Crippen LogP contribution < -0.4 is 9.47 Å². The van der Waals surface area contributed by atoms with E-state index in [2.05, 4.69) is 36.1 Å². The van der Waals surface area contributed by atoms with Crippen molar-refractivity contribution >= 4 is 23.5 Å². The van der Waals surface area contributed by atoms with Gasteiger partial charge in [-0.3, -0.25) is 9.69 Å². The molecule has 3 aromatic carbocycles.